The first-order chi connectivity index (χ1) is 8.61. The SMILES string of the molecule is C[C@@]12CC[C@@]34O[C@@H]3CCC[C@@H](C(=O)O1)C2C41CC1. The highest BCUT2D eigenvalue weighted by molar-refractivity contribution is 5.77. The van der Waals surface area contributed by atoms with Crippen LogP contribution >= 0.6 is 0 Å². The fourth-order valence-corrected chi connectivity index (χ4v) is 5.90. The van der Waals surface area contributed by atoms with Gasteiger partial charge >= 0.3 is 5.97 Å². The highest BCUT2D eigenvalue weighted by Gasteiger charge is 2.82. The molecule has 5 rings (SSSR count). The molecule has 0 radical (unpaired) electrons. The molecular formula is C15H20O3. The number of carbonyl (C=O) groups excluding carboxylic acids is 1. The Balaban J connectivity index is 1.69. The largest absolute Gasteiger partial charge is 0.459 e. The van der Waals surface area contributed by atoms with Crippen LogP contribution in [0.2, 0.25) is 0 Å². The zero-order chi connectivity index (χ0) is 12.2. The molecule has 0 aromatic rings. The van der Waals surface area contributed by atoms with Crippen LogP contribution < -0.4 is 0 Å². The van der Waals surface area contributed by atoms with E-state index >= 15 is 0 Å². The van der Waals surface area contributed by atoms with Crippen molar-refractivity contribution in [1.29, 1.82) is 0 Å². The highest BCUT2D eigenvalue weighted by atomic mass is 16.6. The van der Waals surface area contributed by atoms with Crippen LogP contribution in [0.3, 0.4) is 0 Å². The summed E-state index contributed by atoms with van der Waals surface area (Å²) in [6, 6.07) is 0. The minimum absolute atomic E-state index is 0.0879. The van der Waals surface area contributed by atoms with Gasteiger partial charge in [-0.2, -0.15) is 0 Å². The standard InChI is InChI=1S/C15H20O3/c1-13-5-8-15-10(17-15)4-2-3-9(12(16)18-13)11(13)14(15)6-7-14/h9-11H,2-8H2,1H3/t9-,10-,11?,13+,15-/m1/s1. The Bertz CT molecular complexity index is 455. The van der Waals surface area contributed by atoms with Crippen molar-refractivity contribution in [3.05, 3.63) is 0 Å². The quantitative estimate of drug-likeness (QED) is 0.488. The molecule has 0 aromatic heterocycles. The summed E-state index contributed by atoms with van der Waals surface area (Å²) in [6.45, 7) is 2.18. The van der Waals surface area contributed by atoms with Gasteiger partial charge in [0.1, 0.15) is 11.2 Å². The van der Waals surface area contributed by atoms with E-state index in [2.05, 4.69) is 6.92 Å². The number of epoxide rings is 1. The van der Waals surface area contributed by atoms with Gasteiger partial charge in [0, 0.05) is 11.3 Å². The van der Waals surface area contributed by atoms with Crippen LogP contribution in [0.1, 0.15) is 51.9 Å². The molecule has 98 valence electrons. The predicted octanol–water partition coefficient (Wildman–Crippen LogP) is 2.43. The number of carbonyl (C=O) groups is 1. The number of rotatable bonds is 0. The van der Waals surface area contributed by atoms with E-state index in [1.54, 1.807) is 0 Å². The van der Waals surface area contributed by atoms with E-state index in [0.717, 1.165) is 32.1 Å². The van der Waals surface area contributed by atoms with Crippen molar-refractivity contribution in [1.82, 2.24) is 0 Å². The molecule has 5 fully saturated rings. The van der Waals surface area contributed by atoms with Crippen molar-refractivity contribution < 1.29 is 14.3 Å². The van der Waals surface area contributed by atoms with Gasteiger partial charge in [0.05, 0.1) is 12.0 Å². The van der Waals surface area contributed by atoms with E-state index in [4.69, 9.17) is 9.47 Å². The maximum absolute atomic E-state index is 12.2. The lowest BCUT2D eigenvalue weighted by atomic mass is 9.56. The van der Waals surface area contributed by atoms with Crippen LogP contribution in [0.15, 0.2) is 0 Å². The zero-order valence-corrected chi connectivity index (χ0v) is 10.9. The predicted molar refractivity (Wildman–Crippen MR) is 63.8 cm³/mol. The van der Waals surface area contributed by atoms with Crippen LogP contribution in [0, 0.1) is 17.3 Å². The molecule has 3 heteroatoms. The van der Waals surface area contributed by atoms with Crippen molar-refractivity contribution >= 4 is 5.97 Å². The third-order valence-corrected chi connectivity index (χ3v) is 6.71. The molecule has 5 aliphatic rings. The molecule has 2 aliphatic heterocycles. The second kappa shape index (κ2) is 2.65. The molecule has 2 bridgehead atoms. The molecular weight excluding hydrogens is 228 g/mol. The monoisotopic (exact) mass is 248 g/mol. The molecule has 18 heavy (non-hydrogen) atoms. The smallest absolute Gasteiger partial charge is 0.309 e. The molecule has 3 nitrogen and oxygen atoms in total. The second-order valence-corrected chi connectivity index (χ2v) is 7.40. The first kappa shape index (κ1) is 10.2. The summed E-state index contributed by atoms with van der Waals surface area (Å²) in [4.78, 5) is 12.2. The second-order valence-electron chi connectivity index (χ2n) is 7.40. The summed E-state index contributed by atoms with van der Waals surface area (Å²) in [7, 11) is 0. The zero-order valence-electron chi connectivity index (χ0n) is 10.9. The molecule has 2 spiro atoms. The number of hydrogen-bond acceptors (Lipinski definition) is 3. The maximum Gasteiger partial charge on any atom is 0.309 e. The third-order valence-electron chi connectivity index (χ3n) is 6.71. The average Bonchev–Trinajstić information content (AvgIpc) is 3.17. The van der Waals surface area contributed by atoms with Crippen molar-refractivity contribution in [2.45, 2.75) is 69.2 Å². The van der Waals surface area contributed by atoms with Crippen molar-refractivity contribution in [2.75, 3.05) is 0 Å². The van der Waals surface area contributed by atoms with E-state index in [1.807, 2.05) is 0 Å². The Hall–Kier alpha value is -0.570. The Labute approximate surface area is 107 Å². The van der Waals surface area contributed by atoms with Gasteiger partial charge in [0.2, 0.25) is 0 Å². The first-order valence-corrected chi connectivity index (χ1v) is 7.52. The van der Waals surface area contributed by atoms with Crippen LogP contribution in [0.4, 0.5) is 0 Å². The van der Waals surface area contributed by atoms with Gasteiger partial charge in [0.25, 0.3) is 0 Å². The summed E-state index contributed by atoms with van der Waals surface area (Å²) in [6.07, 6.45) is 8.47. The lowest BCUT2D eigenvalue weighted by molar-refractivity contribution is -0.153. The molecule has 0 N–H and O–H groups in total. The fraction of sp³-hybridized carbons (Fsp3) is 0.933. The minimum atomic E-state index is -0.183. The van der Waals surface area contributed by atoms with Gasteiger partial charge < -0.3 is 9.47 Å². The van der Waals surface area contributed by atoms with Gasteiger partial charge in [-0.25, -0.2) is 0 Å². The Morgan fingerprint density at radius 3 is 2.78 bits per heavy atom. The maximum atomic E-state index is 12.2. The molecule has 3 saturated carbocycles. The van der Waals surface area contributed by atoms with Gasteiger partial charge in [-0.15, -0.1) is 0 Å². The third kappa shape index (κ3) is 0.880. The van der Waals surface area contributed by atoms with Crippen LogP contribution in [-0.2, 0) is 14.3 Å². The molecule has 3 aliphatic carbocycles. The van der Waals surface area contributed by atoms with Crippen LogP contribution in [-0.4, -0.2) is 23.3 Å². The minimum Gasteiger partial charge on any atom is -0.459 e. The summed E-state index contributed by atoms with van der Waals surface area (Å²) in [5.41, 5.74) is 0.281. The Morgan fingerprint density at radius 1 is 1.17 bits per heavy atom. The summed E-state index contributed by atoms with van der Waals surface area (Å²) >= 11 is 0. The lowest BCUT2D eigenvalue weighted by Crippen LogP contribution is -2.52. The van der Waals surface area contributed by atoms with E-state index < -0.39 is 0 Å². The summed E-state index contributed by atoms with van der Waals surface area (Å²) < 4.78 is 12.1. The molecule has 2 saturated heterocycles. The molecule has 5 atom stereocenters. The van der Waals surface area contributed by atoms with E-state index in [1.165, 1.54) is 12.8 Å². The average molecular weight is 248 g/mol. The fourth-order valence-electron chi connectivity index (χ4n) is 5.90. The Kier molecular flexibility index (Phi) is 1.51. The van der Waals surface area contributed by atoms with Gasteiger partial charge in [0.15, 0.2) is 0 Å². The number of ether oxygens (including phenoxy) is 2. The Morgan fingerprint density at radius 2 is 2.00 bits per heavy atom. The van der Waals surface area contributed by atoms with Crippen LogP contribution in [0.25, 0.3) is 0 Å². The van der Waals surface area contributed by atoms with E-state index in [9.17, 15) is 4.79 Å². The normalized spacial score (nSPS) is 58.5. The first-order valence-electron chi connectivity index (χ1n) is 7.52. The van der Waals surface area contributed by atoms with E-state index in [-0.39, 0.29) is 23.1 Å². The topological polar surface area (TPSA) is 38.8 Å². The van der Waals surface area contributed by atoms with Crippen molar-refractivity contribution in [3.63, 3.8) is 0 Å². The van der Waals surface area contributed by atoms with Gasteiger partial charge in [-0.3, -0.25) is 4.79 Å². The highest BCUT2D eigenvalue weighted by Crippen LogP contribution is 2.78. The molecule has 2 heterocycles. The van der Waals surface area contributed by atoms with Crippen molar-refractivity contribution in [3.8, 4) is 0 Å². The summed E-state index contributed by atoms with van der Waals surface area (Å²) in [5, 5.41) is 0. The molecule has 0 aromatic carbocycles. The molecule has 0 amide bonds. The number of esters is 1. The van der Waals surface area contributed by atoms with Crippen molar-refractivity contribution in [2.24, 2.45) is 17.3 Å². The summed E-state index contributed by atoms with van der Waals surface area (Å²) in [5.74, 6) is 0.696. The lowest BCUT2D eigenvalue weighted by Gasteiger charge is -2.46. The number of hydrogen-bond donors (Lipinski definition) is 0. The van der Waals surface area contributed by atoms with Gasteiger partial charge in [-0.1, -0.05) is 0 Å². The van der Waals surface area contributed by atoms with Gasteiger partial charge in [-0.05, 0) is 51.9 Å². The molecule has 1 unspecified atom stereocenters. The van der Waals surface area contributed by atoms with E-state index in [0.29, 0.717) is 17.4 Å². The van der Waals surface area contributed by atoms with Crippen LogP contribution in [0.5, 0.6) is 0 Å².